The summed E-state index contributed by atoms with van der Waals surface area (Å²) >= 11 is 0. The van der Waals surface area contributed by atoms with Crippen molar-refractivity contribution in [1.82, 2.24) is 5.32 Å². The van der Waals surface area contributed by atoms with Crippen molar-refractivity contribution in [2.24, 2.45) is 11.3 Å². The first-order chi connectivity index (χ1) is 9.61. The predicted molar refractivity (Wildman–Crippen MR) is 79.0 cm³/mol. The standard InChI is InChI=1S/C15H21FN2O3/c1-9(15(2,3)4)8-17-14(21)18-12-6-5-10(13(19)20)7-11(12)16/h5-7,9H,8H2,1-4H3,(H,19,20)(H2,17,18,21). The van der Waals surface area contributed by atoms with E-state index in [-0.39, 0.29) is 22.6 Å². The maximum Gasteiger partial charge on any atom is 0.335 e. The Bertz CT molecular complexity index is 538. The number of carbonyl (C=O) groups excluding carboxylic acids is 1. The molecule has 0 radical (unpaired) electrons. The number of benzene rings is 1. The molecule has 1 unspecified atom stereocenters. The number of urea groups is 1. The van der Waals surface area contributed by atoms with E-state index >= 15 is 0 Å². The molecule has 0 aliphatic carbocycles. The van der Waals surface area contributed by atoms with Crippen molar-refractivity contribution in [3.63, 3.8) is 0 Å². The first kappa shape index (κ1) is 16.9. The lowest BCUT2D eigenvalue weighted by molar-refractivity contribution is 0.0696. The number of halogens is 1. The fraction of sp³-hybridized carbons (Fsp3) is 0.467. The molecule has 0 heterocycles. The average molecular weight is 296 g/mol. The van der Waals surface area contributed by atoms with Crippen LogP contribution >= 0.6 is 0 Å². The Kier molecular flexibility index (Phi) is 5.29. The molecule has 0 saturated carbocycles. The van der Waals surface area contributed by atoms with E-state index in [2.05, 4.69) is 31.4 Å². The van der Waals surface area contributed by atoms with Crippen molar-refractivity contribution >= 4 is 17.7 Å². The summed E-state index contributed by atoms with van der Waals surface area (Å²) in [5, 5.41) is 13.8. The van der Waals surface area contributed by atoms with Crippen LogP contribution in [0.2, 0.25) is 0 Å². The van der Waals surface area contributed by atoms with Crippen LogP contribution in [0.15, 0.2) is 18.2 Å². The van der Waals surface area contributed by atoms with Crippen LogP contribution in [0.3, 0.4) is 0 Å². The molecule has 5 nitrogen and oxygen atoms in total. The highest BCUT2D eigenvalue weighted by molar-refractivity contribution is 5.91. The Balaban J connectivity index is 2.62. The van der Waals surface area contributed by atoms with Crippen LogP contribution in [0.4, 0.5) is 14.9 Å². The van der Waals surface area contributed by atoms with E-state index in [9.17, 15) is 14.0 Å². The summed E-state index contributed by atoms with van der Waals surface area (Å²) < 4.78 is 13.7. The van der Waals surface area contributed by atoms with Crippen LogP contribution in [0, 0.1) is 17.2 Å². The van der Waals surface area contributed by atoms with Gasteiger partial charge in [-0.15, -0.1) is 0 Å². The molecule has 0 fully saturated rings. The van der Waals surface area contributed by atoms with Gasteiger partial charge < -0.3 is 15.7 Å². The molecule has 0 saturated heterocycles. The van der Waals surface area contributed by atoms with Crippen LogP contribution < -0.4 is 10.6 Å². The molecule has 1 atom stereocenters. The highest BCUT2D eigenvalue weighted by atomic mass is 19.1. The van der Waals surface area contributed by atoms with Gasteiger partial charge >= 0.3 is 12.0 Å². The zero-order valence-corrected chi connectivity index (χ0v) is 12.7. The topological polar surface area (TPSA) is 78.4 Å². The second-order valence-electron chi connectivity index (χ2n) is 6.10. The smallest absolute Gasteiger partial charge is 0.335 e. The van der Waals surface area contributed by atoms with Crippen LogP contribution in [0.25, 0.3) is 0 Å². The van der Waals surface area contributed by atoms with E-state index in [1.807, 2.05) is 6.92 Å². The predicted octanol–water partition coefficient (Wildman–Crippen LogP) is 3.33. The van der Waals surface area contributed by atoms with E-state index < -0.39 is 17.8 Å². The lowest BCUT2D eigenvalue weighted by Gasteiger charge is -2.27. The minimum absolute atomic E-state index is 0.0547. The maximum absolute atomic E-state index is 13.7. The summed E-state index contributed by atoms with van der Waals surface area (Å²) in [6.07, 6.45) is 0. The number of aromatic carboxylic acids is 1. The zero-order chi connectivity index (χ0) is 16.2. The molecule has 1 aromatic carbocycles. The van der Waals surface area contributed by atoms with E-state index in [1.54, 1.807) is 0 Å². The summed E-state index contributed by atoms with van der Waals surface area (Å²) in [5.74, 6) is -1.75. The average Bonchev–Trinajstić information content (AvgIpc) is 2.36. The van der Waals surface area contributed by atoms with E-state index in [1.165, 1.54) is 12.1 Å². The van der Waals surface area contributed by atoms with Gasteiger partial charge in [-0.3, -0.25) is 0 Å². The van der Waals surface area contributed by atoms with Gasteiger partial charge in [0.1, 0.15) is 5.82 Å². The van der Waals surface area contributed by atoms with Crippen LogP contribution in [-0.2, 0) is 0 Å². The number of hydrogen-bond donors (Lipinski definition) is 3. The summed E-state index contributed by atoms with van der Waals surface area (Å²) in [6.45, 7) is 8.69. The van der Waals surface area contributed by atoms with Gasteiger partial charge in [-0.25, -0.2) is 14.0 Å². The molecule has 1 aromatic rings. The third-order valence-electron chi connectivity index (χ3n) is 3.51. The molecule has 1 rings (SSSR count). The molecule has 0 aliphatic rings. The lowest BCUT2D eigenvalue weighted by Crippen LogP contribution is -2.36. The molecular formula is C15H21FN2O3. The molecule has 3 N–H and O–H groups in total. The quantitative estimate of drug-likeness (QED) is 0.797. The molecular weight excluding hydrogens is 275 g/mol. The molecule has 116 valence electrons. The number of rotatable bonds is 4. The van der Waals surface area contributed by atoms with E-state index in [0.717, 1.165) is 6.07 Å². The summed E-state index contributed by atoms with van der Waals surface area (Å²) in [5.41, 5.74) is -0.164. The van der Waals surface area contributed by atoms with Gasteiger partial charge in [-0.1, -0.05) is 27.7 Å². The van der Waals surface area contributed by atoms with Crippen molar-refractivity contribution in [2.75, 3.05) is 11.9 Å². The van der Waals surface area contributed by atoms with Gasteiger partial charge in [0.15, 0.2) is 0 Å². The third-order valence-corrected chi connectivity index (χ3v) is 3.51. The van der Waals surface area contributed by atoms with Crippen molar-refractivity contribution in [3.8, 4) is 0 Å². The first-order valence-corrected chi connectivity index (χ1v) is 6.69. The normalized spacial score (nSPS) is 12.6. The number of carboxylic acids is 1. The molecule has 0 spiro atoms. The number of nitrogens with one attached hydrogen (secondary N) is 2. The van der Waals surface area contributed by atoms with Gasteiger partial charge in [-0.2, -0.15) is 0 Å². The third kappa shape index (κ3) is 5.06. The molecule has 2 amide bonds. The monoisotopic (exact) mass is 296 g/mol. The summed E-state index contributed by atoms with van der Waals surface area (Å²) in [7, 11) is 0. The van der Waals surface area contributed by atoms with Crippen molar-refractivity contribution in [3.05, 3.63) is 29.6 Å². The first-order valence-electron chi connectivity index (χ1n) is 6.69. The fourth-order valence-electron chi connectivity index (χ4n) is 1.47. The van der Waals surface area contributed by atoms with Crippen LogP contribution in [0.1, 0.15) is 38.1 Å². The highest BCUT2D eigenvalue weighted by Gasteiger charge is 2.20. The minimum Gasteiger partial charge on any atom is -0.478 e. The Morgan fingerprint density at radius 3 is 2.43 bits per heavy atom. The summed E-state index contributed by atoms with van der Waals surface area (Å²) in [4.78, 5) is 22.4. The van der Waals surface area contributed by atoms with Gasteiger partial charge in [0.25, 0.3) is 0 Å². The second-order valence-corrected chi connectivity index (χ2v) is 6.10. The van der Waals surface area contributed by atoms with Gasteiger partial charge in [0, 0.05) is 6.54 Å². The number of anilines is 1. The zero-order valence-electron chi connectivity index (χ0n) is 12.7. The van der Waals surface area contributed by atoms with Gasteiger partial charge in [0.2, 0.25) is 0 Å². The number of hydrogen-bond acceptors (Lipinski definition) is 2. The van der Waals surface area contributed by atoms with E-state index in [0.29, 0.717) is 6.54 Å². The molecule has 0 bridgehead atoms. The van der Waals surface area contributed by atoms with E-state index in [4.69, 9.17) is 5.11 Å². The van der Waals surface area contributed by atoms with Crippen molar-refractivity contribution in [2.45, 2.75) is 27.7 Å². The number of carbonyl (C=O) groups is 2. The van der Waals surface area contributed by atoms with Gasteiger partial charge in [-0.05, 0) is 29.5 Å². The second kappa shape index (κ2) is 6.56. The van der Waals surface area contributed by atoms with Crippen molar-refractivity contribution < 1.29 is 19.1 Å². The number of amides is 2. The Morgan fingerprint density at radius 2 is 1.95 bits per heavy atom. The minimum atomic E-state index is -1.22. The largest absolute Gasteiger partial charge is 0.478 e. The summed E-state index contributed by atoms with van der Waals surface area (Å²) in [6, 6.07) is 2.81. The van der Waals surface area contributed by atoms with Crippen LogP contribution in [-0.4, -0.2) is 23.7 Å². The Labute approximate surface area is 123 Å². The van der Waals surface area contributed by atoms with Crippen LogP contribution in [0.5, 0.6) is 0 Å². The SMILES string of the molecule is CC(CNC(=O)Nc1ccc(C(=O)O)cc1F)C(C)(C)C. The van der Waals surface area contributed by atoms with Crippen molar-refractivity contribution in [1.29, 1.82) is 0 Å². The maximum atomic E-state index is 13.7. The molecule has 0 aliphatic heterocycles. The fourth-order valence-corrected chi connectivity index (χ4v) is 1.47. The molecule has 0 aromatic heterocycles. The highest BCUT2D eigenvalue weighted by Crippen LogP contribution is 2.24. The Morgan fingerprint density at radius 1 is 1.33 bits per heavy atom. The molecule has 6 heteroatoms. The Hall–Kier alpha value is -2.11. The molecule has 21 heavy (non-hydrogen) atoms. The van der Waals surface area contributed by atoms with Gasteiger partial charge in [0.05, 0.1) is 11.3 Å². The number of carboxylic acid groups (broad SMARTS) is 1. The lowest BCUT2D eigenvalue weighted by atomic mass is 9.82.